The van der Waals surface area contributed by atoms with Crippen molar-refractivity contribution < 1.29 is 10.1 Å². The lowest BCUT2D eigenvalue weighted by Gasteiger charge is -1.89. The first-order valence-corrected chi connectivity index (χ1v) is 2.64. The van der Waals surface area contributed by atoms with Crippen LogP contribution in [-0.4, -0.2) is 14.8 Å². The van der Waals surface area contributed by atoms with E-state index >= 15 is 0 Å². The molecule has 0 amide bonds. The second-order valence-electron chi connectivity index (χ2n) is 1.92. The molecule has 1 aromatic rings. The molecule has 0 bridgehead atoms. The highest BCUT2D eigenvalue weighted by Crippen LogP contribution is 2.12. The van der Waals surface area contributed by atoms with Crippen LogP contribution in [0.2, 0.25) is 0 Å². The van der Waals surface area contributed by atoms with E-state index in [0.717, 1.165) is 10.9 Å². The maximum absolute atomic E-state index is 10.1. The van der Waals surface area contributed by atoms with Gasteiger partial charge in [-0.3, -0.25) is 0 Å². The molecule has 0 aliphatic rings. The Morgan fingerprint density at radius 2 is 2.40 bits per heavy atom. The molecule has 0 aromatic carbocycles. The summed E-state index contributed by atoms with van der Waals surface area (Å²) in [6, 6.07) is 1.32. The number of hydrogen-bond acceptors (Lipinski definition) is 3. The third kappa shape index (κ3) is 0.928. The molecule has 0 aliphatic heterocycles. The molecule has 10 heavy (non-hydrogen) atoms. The van der Waals surface area contributed by atoms with Gasteiger partial charge in [0.25, 0.3) is 0 Å². The minimum absolute atomic E-state index is 0.0887. The summed E-state index contributed by atoms with van der Waals surface area (Å²) in [5.41, 5.74) is 0.405. The lowest BCUT2D eigenvalue weighted by Crippen LogP contribution is -2.07. The van der Waals surface area contributed by atoms with Gasteiger partial charge >= 0.3 is 0 Å². The van der Waals surface area contributed by atoms with Crippen LogP contribution < -0.4 is 0 Å². The predicted molar refractivity (Wildman–Crippen MR) is 33.2 cm³/mol. The van der Waals surface area contributed by atoms with Crippen molar-refractivity contribution in [1.29, 1.82) is 0 Å². The van der Waals surface area contributed by atoms with Gasteiger partial charge in [0.2, 0.25) is 0 Å². The first kappa shape index (κ1) is 6.60. The molecule has 0 aliphatic carbocycles. The Bertz CT molecular complexity index is 266. The van der Waals surface area contributed by atoms with Crippen molar-refractivity contribution in [3.05, 3.63) is 28.1 Å². The number of aryl methyl sites for hydroxylation is 1. The predicted octanol–water partition coefficient (Wildman–Crippen LogP) is 0.542. The zero-order chi connectivity index (χ0) is 7.72. The maximum atomic E-state index is 10.1. The van der Waals surface area contributed by atoms with Gasteiger partial charge < -0.3 is 5.11 Å². The topological polar surface area (TPSA) is 68.3 Å². The molecule has 0 unspecified atom stereocenters. The van der Waals surface area contributed by atoms with E-state index in [1.807, 2.05) is 0 Å². The van der Waals surface area contributed by atoms with E-state index in [9.17, 15) is 10.1 Å². The van der Waals surface area contributed by atoms with Crippen LogP contribution in [0.15, 0.2) is 12.3 Å². The highest BCUT2D eigenvalue weighted by Gasteiger charge is 2.07. The fraction of sp³-hybridized carbons (Fsp3) is 0.200. The monoisotopic (exact) mass is 142 g/mol. The highest BCUT2D eigenvalue weighted by atomic mass is 16.7. The second-order valence-corrected chi connectivity index (χ2v) is 1.92. The maximum Gasteiger partial charge on any atom is 0.169 e. The highest BCUT2D eigenvalue weighted by molar-refractivity contribution is 5.20. The van der Waals surface area contributed by atoms with E-state index in [1.54, 1.807) is 6.92 Å². The molecule has 0 spiro atoms. The van der Waals surface area contributed by atoms with Crippen LogP contribution in [0.1, 0.15) is 5.69 Å². The third-order valence-corrected chi connectivity index (χ3v) is 1.15. The quantitative estimate of drug-likeness (QED) is 0.459. The van der Waals surface area contributed by atoms with Gasteiger partial charge in [-0.1, -0.05) is 4.68 Å². The Balaban J connectivity index is 3.15. The zero-order valence-corrected chi connectivity index (χ0v) is 5.31. The van der Waals surface area contributed by atoms with Gasteiger partial charge in [0, 0.05) is 6.07 Å². The summed E-state index contributed by atoms with van der Waals surface area (Å²) in [5.74, 6) is -0.0887. The van der Waals surface area contributed by atoms with Gasteiger partial charge in [-0.25, -0.2) is 10.1 Å². The van der Waals surface area contributed by atoms with Gasteiger partial charge in [-0.15, -0.1) is 0 Å². The molecule has 1 heterocycles. The number of rotatable bonds is 1. The van der Waals surface area contributed by atoms with E-state index in [2.05, 4.69) is 0 Å². The Morgan fingerprint density at radius 1 is 1.80 bits per heavy atom. The molecule has 5 heteroatoms. The molecule has 0 atom stereocenters. The molecular weight excluding hydrogens is 136 g/mol. The lowest BCUT2D eigenvalue weighted by molar-refractivity contribution is -0.543. The van der Waals surface area contributed by atoms with Crippen LogP contribution in [0.5, 0.6) is 5.75 Å². The SMILES string of the molecule is Cc1cc(O)cn1[N+](=O)[O-]. The standard InChI is InChI=1S/C5H6N2O3/c1-4-2-5(8)3-6(4)7(9)10/h2-3,8H,1H3. The summed E-state index contributed by atoms with van der Waals surface area (Å²) in [6.07, 6.45) is 1.05. The van der Waals surface area contributed by atoms with Crippen LogP contribution in [0.4, 0.5) is 0 Å². The first-order chi connectivity index (χ1) is 4.61. The van der Waals surface area contributed by atoms with Gasteiger partial charge in [0.15, 0.2) is 5.03 Å². The van der Waals surface area contributed by atoms with Crippen LogP contribution in [-0.2, 0) is 0 Å². The minimum Gasteiger partial charge on any atom is -0.506 e. The number of hydrogen-bond donors (Lipinski definition) is 1. The summed E-state index contributed by atoms with van der Waals surface area (Å²) in [6.45, 7) is 1.54. The molecule has 1 aromatic heterocycles. The molecule has 0 saturated carbocycles. The second kappa shape index (κ2) is 2.02. The van der Waals surface area contributed by atoms with Crippen LogP contribution in [0.25, 0.3) is 0 Å². The summed E-state index contributed by atoms with van der Waals surface area (Å²) >= 11 is 0. The fourth-order valence-corrected chi connectivity index (χ4v) is 0.720. The van der Waals surface area contributed by atoms with Gasteiger partial charge in [0.1, 0.15) is 11.9 Å². The van der Waals surface area contributed by atoms with Crippen molar-refractivity contribution in [3.63, 3.8) is 0 Å². The zero-order valence-electron chi connectivity index (χ0n) is 5.31. The average Bonchev–Trinajstić information content (AvgIpc) is 2.10. The van der Waals surface area contributed by atoms with E-state index < -0.39 is 5.03 Å². The molecule has 1 N–H and O–H groups in total. The molecule has 5 nitrogen and oxygen atoms in total. The molecule has 0 fully saturated rings. The molecule has 0 saturated heterocycles. The minimum atomic E-state index is -0.602. The summed E-state index contributed by atoms with van der Waals surface area (Å²) in [4.78, 5) is 10.1. The van der Waals surface area contributed by atoms with Crippen LogP contribution in [0.3, 0.4) is 0 Å². The third-order valence-electron chi connectivity index (χ3n) is 1.15. The summed E-state index contributed by atoms with van der Waals surface area (Å²) in [5, 5.41) is 18.2. The Morgan fingerprint density at radius 3 is 2.60 bits per heavy atom. The number of aromatic nitrogens is 1. The molecule has 0 radical (unpaired) electrons. The van der Waals surface area contributed by atoms with Crippen molar-refractivity contribution in [3.8, 4) is 5.75 Å². The Hall–Kier alpha value is -1.52. The van der Waals surface area contributed by atoms with Crippen molar-refractivity contribution in [2.75, 3.05) is 0 Å². The van der Waals surface area contributed by atoms with Crippen molar-refractivity contribution in [1.82, 2.24) is 4.68 Å². The molecule has 1 rings (SSSR count). The average molecular weight is 142 g/mol. The van der Waals surface area contributed by atoms with E-state index in [-0.39, 0.29) is 5.75 Å². The largest absolute Gasteiger partial charge is 0.506 e. The number of nitrogens with zero attached hydrogens (tertiary/aromatic N) is 2. The molecular formula is C5H6N2O3. The number of nitro groups is 1. The summed E-state index contributed by atoms with van der Waals surface area (Å²) in [7, 11) is 0. The van der Waals surface area contributed by atoms with Crippen molar-refractivity contribution in [2.24, 2.45) is 0 Å². The Kier molecular flexibility index (Phi) is 1.33. The van der Waals surface area contributed by atoms with Gasteiger partial charge in [0.05, 0.1) is 5.69 Å². The fourth-order valence-electron chi connectivity index (χ4n) is 0.720. The smallest absolute Gasteiger partial charge is 0.169 e. The summed E-state index contributed by atoms with van der Waals surface area (Å²) < 4.78 is 0.759. The first-order valence-electron chi connectivity index (χ1n) is 2.64. The Labute approximate surface area is 56.6 Å². The van der Waals surface area contributed by atoms with E-state index in [4.69, 9.17) is 5.11 Å². The lowest BCUT2D eigenvalue weighted by atomic mass is 10.5. The van der Waals surface area contributed by atoms with Gasteiger partial charge in [-0.2, -0.15) is 0 Å². The van der Waals surface area contributed by atoms with E-state index in [0.29, 0.717) is 5.69 Å². The van der Waals surface area contributed by atoms with E-state index in [1.165, 1.54) is 6.07 Å². The van der Waals surface area contributed by atoms with Crippen LogP contribution >= 0.6 is 0 Å². The normalized spacial score (nSPS) is 9.70. The van der Waals surface area contributed by atoms with Gasteiger partial charge in [-0.05, 0) is 6.92 Å². The van der Waals surface area contributed by atoms with Crippen LogP contribution in [0, 0.1) is 17.0 Å². The van der Waals surface area contributed by atoms with Crippen molar-refractivity contribution in [2.45, 2.75) is 6.92 Å². The number of aromatic hydroxyl groups is 1. The van der Waals surface area contributed by atoms with Crippen molar-refractivity contribution >= 4 is 0 Å². The molecule has 54 valence electrons.